The Balaban J connectivity index is 1.40. The van der Waals surface area contributed by atoms with Crippen molar-refractivity contribution in [3.63, 3.8) is 0 Å². The van der Waals surface area contributed by atoms with Crippen LogP contribution in [-0.4, -0.2) is 19.2 Å². The van der Waals surface area contributed by atoms with E-state index in [1.54, 1.807) is 30.3 Å². The molecule has 0 atom stereocenters. The maximum Gasteiger partial charge on any atom is 0.311 e. The van der Waals surface area contributed by atoms with E-state index in [1.807, 2.05) is 30.3 Å². The number of nitrogens with one attached hydrogen (secondary N) is 1. The molecule has 4 aromatic carbocycles. The standard InChI is InChI=1S/C29H20Br2N2O6S2/c30-22-7-4-8-23(31)21(22)17-41(37,38)20-10-11-24-27(15-20)40-28(29(34)32-24)14-19-9-12-26(25(13-19)33(35)36)39-16-18-5-2-1-3-6-18/h1-15H,16-17H2,(H,32,34)/b28-14+. The van der Waals surface area contributed by atoms with Crippen molar-refractivity contribution in [1.82, 2.24) is 0 Å². The van der Waals surface area contributed by atoms with Crippen molar-refractivity contribution in [3.05, 3.63) is 126 Å². The van der Waals surface area contributed by atoms with Gasteiger partial charge >= 0.3 is 5.69 Å². The van der Waals surface area contributed by atoms with Gasteiger partial charge < -0.3 is 10.1 Å². The Morgan fingerprint density at radius 1 is 0.951 bits per heavy atom. The summed E-state index contributed by atoms with van der Waals surface area (Å²) in [6, 6.07) is 23.7. The lowest BCUT2D eigenvalue weighted by atomic mass is 10.1. The van der Waals surface area contributed by atoms with Gasteiger partial charge in [0.05, 0.1) is 26.2 Å². The van der Waals surface area contributed by atoms with Crippen LogP contribution in [0.1, 0.15) is 16.7 Å². The molecule has 1 N–H and O–H groups in total. The predicted octanol–water partition coefficient (Wildman–Crippen LogP) is 7.76. The van der Waals surface area contributed by atoms with E-state index in [0.29, 0.717) is 30.7 Å². The summed E-state index contributed by atoms with van der Waals surface area (Å²) in [7, 11) is -3.72. The fourth-order valence-corrected chi connectivity index (χ4v) is 8.19. The van der Waals surface area contributed by atoms with E-state index in [2.05, 4.69) is 37.2 Å². The van der Waals surface area contributed by atoms with Crippen LogP contribution in [0.5, 0.6) is 5.75 Å². The maximum absolute atomic E-state index is 13.3. The molecule has 0 unspecified atom stereocenters. The van der Waals surface area contributed by atoms with Crippen LogP contribution in [0.25, 0.3) is 6.08 Å². The molecule has 1 amide bonds. The molecule has 0 saturated carbocycles. The van der Waals surface area contributed by atoms with Crippen molar-refractivity contribution < 1.29 is 22.9 Å². The molecule has 0 bridgehead atoms. The molecular weight excluding hydrogens is 696 g/mol. The highest BCUT2D eigenvalue weighted by Crippen LogP contribution is 2.41. The number of carbonyl (C=O) groups is 1. The Hall–Kier alpha value is -3.45. The van der Waals surface area contributed by atoms with Crippen molar-refractivity contribution in [3.8, 4) is 5.75 Å². The lowest BCUT2D eigenvalue weighted by molar-refractivity contribution is -0.386. The second-order valence-electron chi connectivity index (χ2n) is 8.94. The number of nitro groups is 1. The molecule has 41 heavy (non-hydrogen) atoms. The average molecular weight is 716 g/mol. The van der Waals surface area contributed by atoms with Crippen LogP contribution in [0, 0.1) is 10.1 Å². The molecular formula is C29H20Br2N2O6S2. The second kappa shape index (κ2) is 12.2. The van der Waals surface area contributed by atoms with Crippen LogP contribution in [0.4, 0.5) is 11.4 Å². The predicted molar refractivity (Wildman–Crippen MR) is 166 cm³/mol. The molecule has 0 fully saturated rings. The van der Waals surface area contributed by atoms with Gasteiger partial charge in [-0.25, -0.2) is 8.42 Å². The Bertz CT molecular complexity index is 1790. The molecule has 0 aromatic heterocycles. The number of ether oxygens (including phenoxy) is 1. The van der Waals surface area contributed by atoms with Gasteiger partial charge in [0.1, 0.15) is 6.61 Å². The molecule has 0 radical (unpaired) electrons. The zero-order valence-electron chi connectivity index (χ0n) is 21.0. The lowest BCUT2D eigenvalue weighted by Crippen LogP contribution is -2.17. The lowest BCUT2D eigenvalue weighted by Gasteiger charge is -2.19. The Morgan fingerprint density at radius 2 is 1.68 bits per heavy atom. The normalized spacial score (nSPS) is 13.9. The maximum atomic E-state index is 13.3. The average Bonchev–Trinajstić information content (AvgIpc) is 2.95. The van der Waals surface area contributed by atoms with Crippen LogP contribution in [0.15, 0.2) is 109 Å². The van der Waals surface area contributed by atoms with Crippen LogP contribution < -0.4 is 10.1 Å². The van der Waals surface area contributed by atoms with E-state index in [0.717, 1.165) is 17.3 Å². The van der Waals surface area contributed by atoms with E-state index in [1.165, 1.54) is 30.3 Å². The number of hydrogen-bond donors (Lipinski definition) is 1. The van der Waals surface area contributed by atoms with Crippen molar-refractivity contribution in [2.75, 3.05) is 5.32 Å². The van der Waals surface area contributed by atoms with Gasteiger partial charge in [0.2, 0.25) is 0 Å². The number of nitrogens with zero attached hydrogens (tertiary/aromatic N) is 1. The first kappa shape index (κ1) is 29.1. The summed E-state index contributed by atoms with van der Waals surface area (Å²) in [6.45, 7) is 0.167. The Morgan fingerprint density at radius 3 is 2.39 bits per heavy atom. The number of rotatable bonds is 8. The van der Waals surface area contributed by atoms with Crippen LogP contribution in [0.2, 0.25) is 0 Å². The number of anilines is 1. The van der Waals surface area contributed by atoms with Gasteiger partial charge in [-0.05, 0) is 59.2 Å². The fourth-order valence-electron chi connectivity index (χ4n) is 4.05. The molecule has 208 valence electrons. The molecule has 1 aliphatic rings. The monoisotopic (exact) mass is 714 g/mol. The minimum atomic E-state index is -3.72. The zero-order chi connectivity index (χ0) is 29.1. The quantitative estimate of drug-likeness (QED) is 0.113. The number of carbonyl (C=O) groups excluding carboxylic acids is 1. The van der Waals surface area contributed by atoms with E-state index in [-0.39, 0.29) is 33.6 Å². The second-order valence-corrected chi connectivity index (χ2v) is 13.7. The topological polar surface area (TPSA) is 116 Å². The summed E-state index contributed by atoms with van der Waals surface area (Å²) in [5, 5.41) is 14.5. The van der Waals surface area contributed by atoms with E-state index < -0.39 is 20.7 Å². The number of hydrogen-bond acceptors (Lipinski definition) is 7. The molecule has 12 heteroatoms. The first-order chi connectivity index (χ1) is 19.6. The zero-order valence-corrected chi connectivity index (χ0v) is 25.8. The first-order valence-corrected chi connectivity index (χ1v) is 16.1. The number of fused-ring (bicyclic) bond motifs is 1. The summed E-state index contributed by atoms with van der Waals surface area (Å²) in [6.07, 6.45) is 1.52. The number of amides is 1. The molecule has 0 aliphatic carbocycles. The molecule has 8 nitrogen and oxygen atoms in total. The van der Waals surface area contributed by atoms with Gasteiger partial charge in [-0.3, -0.25) is 14.9 Å². The Kier molecular flexibility index (Phi) is 8.64. The van der Waals surface area contributed by atoms with Crippen LogP contribution in [-0.2, 0) is 27.0 Å². The van der Waals surface area contributed by atoms with Gasteiger partial charge in [-0.2, -0.15) is 0 Å². The summed E-state index contributed by atoms with van der Waals surface area (Å²) in [5.74, 6) is -0.517. The fraction of sp³-hybridized carbons (Fsp3) is 0.0690. The highest BCUT2D eigenvalue weighted by Gasteiger charge is 2.26. The van der Waals surface area contributed by atoms with E-state index >= 15 is 0 Å². The van der Waals surface area contributed by atoms with Crippen LogP contribution >= 0.6 is 43.6 Å². The number of thioether (sulfide) groups is 1. The highest BCUT2D eigenvalue weighted by atomic mass is 79.9. The highest BCUT2D eigenvalue weighted by molar-refractivity contribution is 9.11. The number of benzene rings is 4. The third kappa shape index (κ3) is 6.72. The Labute approximate surface area is 257 Å². The molecule has 0 saturated heterocycles. The number of sulfone groups is 1. The minimum Gasteiger partial charge on any atom is -0.482 e. The smallest absolute Gasteiger partial charge is 0.311 e. The van der Waals surface area contributed by atoms with Crippen molar-refractivity contribution in [1.29, 1.82) is 0 Å². The van der Waals surface area contributed by atoms with Crippen LogP contribution in [0.3, 0.4) is 0 Å². The summed E-state index contributed by atoms with van der Waals surface area (Å²) in [4.78, 5) is 25.0. The van der Waals surface area contributed by atoms with Gasteiger partial charge in [0.15, 0.2) is 15.6 Å². The van der Waals surface area contributed by atoms with Gasteiger partial charge in [0, 0.05) is 19.9 Å². The van der Waals surface area contributed by atoms with E-state index in [9.17, 15) is 23.3 Å². The first-order valence-electron chi connectivity index (χ1n) is 12.1. The van der Waals surface area contributed by atoms with Crippen molar-refractivity contribution >= 4 is 76.8 Å². The summed E-state index contributed by atoms with van der Waals surface area (Å²) >= 11 is 7.92. The van der Waals surface area contributed by atoms with E-state index in [4.69, 9.17) is 4.74 Å². The molecule has 1 heterocycles. The number of nitro benzene ring substituents is 1. The van der Waals surface area contributed by atoms with Gasteiger partial charge in [0.25, 0.3) is 5.91 Å². The third-order valence-electron chi connectivity index (χ3n) is 6.11. The molecule has 0 spiro atoms. The third-order valence-corrected chi connectivity index (χ3v) is 10.3. The minimum absolute atomic E-state index is 0.109. The van der Waals surface area contributed by atoms with Crippen molar-refractivity contribution in [2.45, 2.75) is 22.2 Å². The van der Waals surface area contributed by atoms with Crippen molar-refractivity contribution in [2.24, 2.45) is 0 Å². The molecule has 1 aliphatic heterocycles. The SMILES string of the molecule is O=C1Nc2ccc(S(=O)(=O)Cc3c(Br)cccc3Br)cc2S/C1=C/c1ccc(OCc2ccccc2)c([N+](=O)[O-])c1. The largest absolute Gasteiger partial charge is 0.482 e. The number of halogens is 2. The van der Waals surface area contributed by atoms with Gasteiger partial charge in [-0.15, -0.1) is 0 Å². The summed E-state index contributed by atoms with van der Waals surface area (Å²) < 4.78 is 33.6. The summed E-state index contributed by atoms with van der Waals surface area (Å²) in [5.41, 5.74) is 2.14. The molecule has 5 rings (SSSR count). The molecule has 4 aromatic rings. The van der Waals surface area contributed by atoms with Gasteiger partial charge in [-0.1, -0.05) is 86.1 Å².